The largest absolute Gasteiger partial charge is 0.569 e. The Kier molecular flexibility index (Phi) is 8.97. The summed E-state index contributed by atoms with van der Waals surface area (Å²) in [6, 6.07) is 61.7. The van der Waals surface area contributed by atoms with Gasteiger partial charge in [0.25, 0.3) is 0 Å². The van der Waals surface area contributed by atoms with Crippen molar-refractivity contribution in [3.8, 4) is 84.4 Å². The molecule has 0 unspecified atom stereocenters. The topological polar surface area (TPSA) is 68.1 Å². The highest BCUT2D eigenvalue weighted by atomic mass is 16.5. The summed E-state index contributed by atoms with van der Waals surface area (Å²) >= 11 is 0. The van der Waals surface area contributed by atoms with Crippen molar-refractivity contribution in [2.75, 3.05) is 0 Å². The van der Waals surface area contributed by atoms with Gasteiger partial charge in [-0.2, -0.15) is 0 Å². The lowest BCUT2D eigenvalue weighted by molar-refractivity contribution is 0.454. The van der Waals surface area contributed by atoms with Crippen LogP contribution in [0.5, 0.6) is 5.75 Å². The SMILES string of the molecule is O[B]Oc1cccc(-c2nc(-c3cc(-c4ccccc4)cc(-c4ccccc4)c3)nc(-c3cc(-c4ccccc4)cc(-c4ccccc4)c3)n2)c1. The maximum Gasteiger partial charge on any atom is 0.569 e. The quantitative estimate of drug-likeness (QED) is 0.157. The molecule has 1 aromatic heterocycles. The molecule has 0 saturated carbocycles. The molecule has 241 valence electrons. The zero-order valence-electron chi connectivity index (χ0n) is 27.6. The Labute approximate surface area is 297 Å². The third kappa shape index (κ3) is 7.08. The van der Waals surface area contributed by atoms with Crippen molar-refractivity contribution in [2.24, 2.45) is 0 Å². The molecule has 5 nitrogen and oxygen atoms in total. The van der Waals surface area contributed by atoms with Crippen LogP contribution in [-0.2, 0) is 0 Å². The molecule has 0 amide bonds. The lowest BCUT2D eigenvalue weighted by Gasteiger charge is -2.14. The Balaban J connectivity index is 1.37. The molecule has 51 heavy (non-hydrogen) atoms. The number of rotatable bonds is 9. The Hall–Kier alpha value is -6.63. The van der Waals surface area contributed by atoms with Crippen molar-refractivity contribution in [1.29, 1.82) is 0 Å². The highest BCUT2D eigenvalue weighted by Crippen LogP contribution is 2.36. The minimum Gasteiger partial charge on any atom is -0.537 e. The van der Waals surface area contributed by atoms with Gasteiger partial charge in [-0.1, -0.05) is 133 Å². The first-order chi connectivity index (χ1) is 25.2. The number of aromatic nitrogens is 3. The third-order valence-corrected chi connectivity index (χ3v) is 8.73. The summed E-state index contributed by atoms with van der Waals surface area (Å²) in [6.45, 7) is 0. The van der Waals surface area contributed by atoms with Crippen LogP contribution in [-0.4, -0.2) is 27.7 Å². The second-order valence-corrected chi connectivity index (χ2v) is 12.1. The van der Waals surface area contributed by atoms with Crippen LogP contribution in [0.15, 0.2) is 182 Å². The standard InChI is InChI=1S/C45H31BN3O2/c50-46-51-42-23-13-22-35(30-42)43-47-44(40-26-36(31-14-5-1-6-15-31)24-37(27-40)32-16-7-2-8-17-32)49-45(48-43)41-28-38(33-18-9-3-10-19-33)25-39(29-41)34-20-11-4-12-21-34/h1-30,50H. The molecule has 1 heterocycles. The molecular formula is C45H31BN3O2. The van der Waals surface area contributed by atoms with Crippen molar-refractivity contribution in [3.63, 3.8) is 0 Å². The van der Waals surface area contributed by atoms with E-state index in [0.29, 0.717) is 30.9 Å². The van der Waals surface area contributed by atoms with E-state index in [9.17, 15) is 5.02 Å². The Bertz CT molecular complexity index is 2160. The predicted molar refractivity (Wildman–Crippen MR) is 206 cm³/mol. The highest BCUT2D eigenvalue weighted by molar-refractivity contribution is 6.17. The highest BCUT2D eigenvalue weighted by Gasteiger charge is 2.17. The van der Waals surface area contributed by atoms with Crippen molar-refractivity contribution in [3.05, 3.63) is 182 Å². The third-order valence-electron chi connectivity index (χ3n) is 8.73. The summed E-state index contributed by atoms with van der Waals surface area (Å²) in [5.74, 6) is 2.03. The first-order valence-corrected chi connectivity index (χ1v) is 16.7. The molecule has 0 atom stereocenters. The molecule has 0 saturated heterocycles. The van der Waals surface area contributed by atoms with Gasteiger partial charge in [0.1, 0.15) is 5.75 Å². The summed E-state index contributed by atoms with van der Waals surface area (Å²) in [5.41, 5.74) is 11.1. The van der Waals surface area contributed by atoms with Crippen molar-refractivity contribution in [1.82, 2.24) is 15.0 Å². The minimum absolute atomic E-state index is 0.466. The molecule has 7 aromatic carbocycles. The van der Waals surface area contributed by atoms with Gasteiger partial charge in [-0.25, -0.2) is 15.0 Å². The van der Waals surface area contributed by atoms with Gasteiger partial charge < -0.3 is 9.68 Å². The zero-order chi connectivity index (χ0) is 34.4. The maximum atomic E-state index is 9.36. The summed E-state index contributed by atoms with van der Waals surface area (Å²) < 4.78 is 5.32. The Morgan fingerprint density at radius 2 is 0.627 bits per heavy atom. The van der Waals surface area contributed by atoms with Gasteiger partial charge in [0, 0.05) is 16.7 Å². The van der Waals surface area contributed by atoms with E-state index in [1.54, 1.807) is 12.1 Å². The van der Waals surface area contributed by atoms with E-state index >= 15 is 0 Å². The summed E-state index contributed by atoms with van der Waals surface area (Å²) in [7, 11) is 0.670. The van der Waals surface area contributed by atoms with Crippen LogP contribution in [0.1, 0.15) is 0 Å². The van der Waals surface area contributed by atoms with Gasteiger partial charge in [0.2, 0.25) is 0 Å². The second-order valence-electron chi connectivity index (χ2n) is 12.1. The van der Waals surface area contributed by atoms with Gasteiger partial charge >= 0.3 is 7.69 Å². The van der Waals surface area contributed by atoms with Crippen molar-refractivity contribution in [2.45, 2.75) is 0 Å². The lowest BCUT2D eigenvalue weighted by Crippen LogP contribution is -2.02. The van der Waals surface area contributed by atoms with E-state index < -0.39 is 0 Å². The zero-order valence-corrected chi connectivity index (χ0v) is 27.6. The fourth-order valence-corrected chi connectivity index (χ4v) is 6.24. The molecule has 1 N–H and O–H groups in total. The van der Waals surface area contributed by atoms with Gasteiger partial charge in [-0.05, 0) is 93.0 Å². The van der Waals surface area contributed by atoms with E-state index in [4.69, 9.17) is 19.6 Å². The van der Waals surface area contributed by atoms with E-state index in [-0.39, 0.29) is 0 Å². The lowest BCUT2D eigenvalue weighted by atomic mass is 9.95. The summed E-state index contributed by atoms with van der Waals surface area (Å²) in [6.07, 6.45) is 0. The molecule has 0 spiro atoms. The summed E-state index contributed by atoms with van der Waals surface area (Å²) in [4.78, 5) is 15.4. The van der Waals surface area contributed by atoms with Crippen LogP contribution in [0, 0.1) is 0 Å². The molecule has 8 aromatic rings. The fourth-order valence-electron chi connectivity index (χ4n) is 6.24. The van der Waals surface area contributed by atoms with Gasteiger partial charge in [0.15, 0.2) is 17.5 Å². The van der Waals surface area contributed by atoms with Crippen LogP contribution in [0.3, 0.4) is 0 Å². The van der Waals surface area contributed by atoms with Crippen LogP contribution in [0.25, 0.3) is 78.7 Å². The minimum atomic E-state index is 0.466. The monoisotopic (exact) mass is 656 g/mol. The van der Waals surface area contributed by atoms with Gasteiger partial charge in [-0.3, -0.25) is 0 Å². The van der Waals surface area contributed by atoms with E-state index in [0.717, 1.165) is 61.2 Å². The first kappa shape index (κ1) is 31.6. The number of hydrogen-bond donors (Lipinski definition) is 1. The van der Waals surface area contributed by atoms with E-state index in [1.807, 2.05) is 84.9 Å². The Morgan fingerprint density at radius 3 is 0.980 bits per heavy atom. The van der Waals surface area contributed by atoms with Crippen molar-refractivity contribution < 1.29 is 9.68 Å². The first-order valence-electron chi connectivity index (χ1n) is 16.7. The van der Waals surface area contributed by atoms with Gasteiger partial charge in [-0.15, -0.1) is 0 Å². The molecule has 0 aliphatic heterocycles. The van der Waals surface area contributed by atoms with Crippen molar-refractivity contribution >= 4 is 7.69 Å². The summed E-state index contributed by atoms with van der Waals surface area (Å²) in [5, 5.41) is 9.36. The predicted octanol–water partition coefficient (Wildman–Crippen LogP) is 10.4. The molecule has 0 fully saturated rings. The normalized spacial score (nSPS) is 10.8. The Morgan fingerprint density at radius 1 is 0.314 bits per heavy atom. The number of nitrogens with zero attached hydrogens (tertiary/aromatic N) is 3. The fraction of sp³-hybridized carbons (Fsp3) is 0. The smallest absolute Gasteiger partial charge is 0.537 e. The number of hydrogen-bond acceptors (Lipinski definition) is 5. The van der Waals surface area contributed by atoms with Crippen LogP contribution < -0.4 is 4.65 Å². The average Bonchev–Trinajstić information content (AvgIpc) is 3.22. The molecule has 8 rings (SSSR count). The number of benzene rings is 7. The molecule has 6 heteroatoms. The van der Waals surface area contributed by atoms with E-state index in [2.05, 4.69) is 84.9 Å². The van der Waals surface area contributed by atoms with Crippen LogP contribution in [0.2, 0.25) is 0 Å². The molecule has 0 aliphatic rings. The van der Waals surface area contributed by atoms with Gasteiger partial charge in [0.05, 0.1) is 0 Å². The average molecular weight is 657 g/mol. The molecule has 1 radical (unpaired) electrons. The molecular weight excluding hydrogens is 625 g/mol. The van der Waals surface area contributed by atoms with Crippen LogP contribution >= 0.6 is 0 Å². The molecule has 0 bridgehead atoms. The maximum absolute atomic E-state index is 9.36. The van der Waals surface area contributed by atoms with Crippen LogP contribution in [0.4, 0.5) is 0 Å². The second kappa shape index (κ2) is 14.5. The van der Waals surface area contributed by atoms with E-state index in [1.165, 1.54) is 0 Å². The molecule has 0 aliphatic carbocycles.